The van der Waals surface area contributed by atoms with Crippen molar-refractivity contribution in [2.75, 3.05) is 6.54 Å². The molecule has 1 amide bonds. The minimum atomic E-state index is -0.871. The fourth-order valence-electron chi connectivity index (χ4n) is 4.47. The van der Waals surface area contributed by atoms with Gasteiger partial charge in [-0.05, 0) is 53.9 Å². The molecule has 2 heterocycles. The molecule has 0 aliphatic carbocycles. The largest absolute Gasteiger partial charge is 0.507 e. The van der Waals surface area contributed by atoms with Gasteiger partial charge in [0.25, 0.3) is 11.7 Å². The number of rotatable bonds is 5. The Morgan fingerprint density at radius 2 is 1.71 bits per heavy atom. The Labute approximate surface area is 200 Å². The number of aliphatic hydroxyl groups is 1. The molecule has 0 radical (unpaired) electrons. The topological polar surface area (TPSA) is 73.4 Å². The summed E-state index contributed by atoms with van der Waals surface area (Å²) < 4.78 is 13.4. The molecule has 7 heteroatoms. The zero-order chi connectivity index (χ0) is 23.8. The molecule has 4 aromatic rings. The van der Waals surface area contributed by atoms with Gasteiger partial charge in [-0.3, -0.25) is 9.59 Å². The number of amides is 1. The van der Waals surface area contributed by atoms with Crippen LogP contribution in [0, 0.1) is 5.82 Å². The molecule has 1 aliphatic rings. The smallest absolute Gasteiger partial charge is 0.295 e. The fourth-order valence-corrected chi connectivity index (χ4v) is 4.71. The van der Waals surface area contributed by atoms with E-state index in [9.17, 15) is 19.1 Å². The Kier molecular flexibility index (Phi) is 5.67. The summed E-state index contributed by atoms with van der Waals surface area (Å²) in [7, 11) is 0. The summed E-state index contributed by atoms with van der Waals surface area (Å²) in [6.45, 7) is 0.239. The number of fused-ring (bicyclic) bond motifs is 1. The number of aromatic amines is 1. The van der Waals surface area contributed by atoms with Crippen molar-refractivity contribution in [3.63, 3.8) is 0 Å². The van der Waals surface area contributed by atoms with Gasteiger partial charge in [-0.25, -0.2) is 4.39 Å². The summed E-state index contributed by atoms with van der Waals surface area (Å²) in [6, 6.07) is 19.0. The number of H-pyrrole nitrogens is 1. The molecule has 1 fully saturated rings. The molecule has 1 saturated heterocycles. The molecule has 0 saturated carbocycles. The van der Waals surface area contributed by atoms with Gasteiger partial charge in [0.15, 0.2) is 0 Å². The molecule has 3 aromatic carbocycles. The third kappa shape index (κ3) is 3.76. The molecule has 2 N–H and O–H groups in total. The Hall–Kier alpha value is -3.90. The van der Waals surface area contributed by atoms with Crippen LogP contribution in [0.5, 0.6) is 0 Å². The number of para-hydroxylation sites is 1. The van der Waals surface area contributed by atoms with Crippen molar-refractivity contribution in [3.05, 3.63) is 112 Å². The van der Waals surface area contributed by atoms with Crippen LogP contribution in [-0.2, 0) is 16.0 Å². The summed E-state index contributed by atoms with van der Waals surface area (Å²) in [5.74, 6) is -2.35. The number of halogens is 2. The number of carbonyl (C=O) groups excluding carboxylic acids is 2. The van der Waals surface area contributed by atoms with Gasteiger partial charge in [-0.2, -0.15) is 0 Å². The zero-order valence-electron chi connectivity index (χ0n) is 18.0. The van der Waals surface area contributed by atoms with E-state index in [4.69, 9.17) is 11.6 Å². The maximum atomic E-state index is 13.4. The van der Waals surface area contributed by atoms with Crippen LogP contribution in [0.4, 0.5) is 4.39 Å². The molecular formula is C27H20ClFN2O3. The summed E-state index contributed by atoms with van der Waals surface area (Å²) in [4.78, 5) is 30.9. The lowest BCUT2D eigenvalue weighted by atomic mass is 9.95. The van der Waals surface area contributed by atoms with E-state index in [1.807, 2.05) is 30.5 Å². The maximum Gasteiger partial charge on any atom is 0.295 e. The second-order valence-corrected chi connectivity index (χ2v) is 8.54. The fraction of sp³-hybridized carbons (Fsp3) is 0.111. The number of ketones is 1. The van der Waals surface area contributed by atoms with Crippen molar-refractivity contribution in [2.45, 2.75) is 12.5 Å². The molecule has 0 bridgehead atoms. The third-order valence-electron chi connectivity index (χ3n) is 6.15. The summed E-state index contributed by atoms with van der Waals surface area (Å²) >= 11 is 6.47. The van der Waals surface area contributed by atoms with Crippen molar-refractivity contribution in [2.24, 2.45) is 0 Å². The van der Waals surface area contributed by atoms with Gasteiger partial charge in [0.05, 0.1) is 11.6 Å². The molecule has 1 aliphatic heterocycles. The first-order valence-electron chi connectivity index (χ1n) is 10.8. The van der Waals surface area contributed by atoms with Crippen LogP contribution >= 0.6 is 11.6 Å². The second kappa shape index (κ2) is 8.80. The number of likely N-dealkylation sites (tertiary alicyclic amines) is 1. The number of aliphatic hydroxyl groups excluding tert-OH is 1. The molecule has 1 unspecified atom stereocenters. The van der Waals surface area contributed by atoms with E-state index in [1.165, 1.54) is 29.2 Å². The van der Waals surface area contributed by atoms with Crippen molar-refractivity contribution < 1.29 is 19.1 Å². The van der Waals surface area contributed by atoms with Crippen LogP contribution in [0.15, 0.2) is 84.6 Å². The number of nitrogens with one attached hydrogen (secondary N) is 1. The van der Waals surface area contributed by atoms with Crippen molar-refractivity contribution >= 4 is 40.0 Å². The lowest BCUT2D eigenvalue weighted by molar-refractivity contribution is -0.139. The molecule has 0 spiro atoms. The quantitative estimate of drug-likeness (QED) is 0.224. The number of hydrogen-bond donors (Lipinski definition) is 2. The maximum absolute atomic E-state index is 13.4. The first kappa shape index (κ1) is 21.9. The lowest BCUT2D eigenvalue weighted by Gasteiger charge is -2.26. The molecule has 1 aromatic heterocycles. The molecule has 34 heavy (non-hydrogen) atoms. The van der Waals surface area contributed by atoms with Crippen LogP contribution in [-0.4, -0.2) is 33.2 Å². The molecule has 5 rings (SSSR count). The minimum Gasteiger partial charge on any atom is -0.507 e. The number of Topliss-reactive ketones (excluding diaryl/α,β-unsaturated/α-hetero) is 1. The number of hydrogen-bond acceptors (Lipinski definition) is 3. The number of carbonyl (C=O) groups is 2. The summed E-state index contributed by atoms with van der Waals surface area (Å²) in [6.07, 6.45) is 2.39. The number of aromatic nitrogens is 1. The second-order valence-electron chi connectivity index (χ2n) is 8.13. The first-order chi connectivity index (χ1) is 16.5. The lowest BCUT2D eigenvalue weighted by Crippen LogP contribution is -2.31. The van der Waals surface area contributed by atoms with Gasteiger partial charge in [0.1, 0.15) is 11.6 Å². The van der Waals surface area contributed by atoms with Gasteiger partial charge in [-0.1, -0.05) is 48.0 Å². The average Bonchev–Trinajstić information content (AvgIpc) is 3.37. The van der Waals surface area contributed by atoms with E-state index < -0.39 is 23.5 Å². The van der Waals surface area contributed by atoms with Crippen molar-refractivity contribution in [1.82, 2.24) is 9.88 Å². The standard InChI is InChI=1S/C27H20ClFN2O3/c28-21-7-3-1-6-20(21)24-23(25(32)16-9-11-18(29)12-10-16)26(33)27(34)31(24)14-13-17-15-30-22-8-4-2-5-19(17)22/h1-12,15,24,30,32H,13-14H2. The SMILES string of the molecule is O=C1C(=O)N(CCc2c[nH]c3ccccc23)C(c2ccccc2Cl)C1=C(O)c1ccc(F)cc1. The monoisotopic (exact) mass is 474 g/mol. The highest BCUT2D eigenvalue weighted by atomic mass is 35.5. The van der Waals surface area contributed by atoms with Gasteiger partial charge >= 0.3 is 0 Å². The Morgan fingerprint density at radius 1 is 1.00 bits per heavy atom. The van der Waals surface area contributed by atoms with E-state index in [2.05, 4.69) is 4.98 Å². The van der Waals surface area contributed by atoms with Gasteiger partial charge < -0.3 is 15.0 Å². The summed E-state index contributed by atoms with van der Waals surface area (Å²) in [5.41, 5.74) is 2.70. The van der Waals surface area contributed by atoms with Gasteiger partial charge in [0, 0.05) is 34.2 Å². The van der Waals surface area contributed by atoms with Gasteiger partial charge in [-0.15, -0.1) is 0 Å². The van der Waals surface area contributed by atoms with E-state index in [0.717, 1.165) is 16.5 Å². The predicted octanol–water partition coefficient (Wildman–Crippen LogP) is 5.62. The van der Waals surface area contributed by atoms with Gasteiger partial charge in [0.2, 0.25) is 0 Å². The van der Waals surface area contributed by atoms with Crippen molar-refractivity contribution in [1.29, 1.82) is 0 Å². The van der Waals surface area contributed by atoms with Crippen LogP contribution < -0.4 is 0 Å². The highest BCUT2D eigenvalue weighted by Crippen LogP contribution is 2.42. The summed E-state index contributed by atoms with van der Waals surface area (Å²) in [5, 5.41) is 12.5. The van der Waals surface area contributed by atoms with Crippen molar-refractivity contribution in [3.8, 4) is 0 Å². The van der Waals surface area contributed by atoms with Crippen LogP contribution in [0.1, 0.15) is 22.7 Å². The van der Waals surface area contributed by atoms with Crippen LogP contribution in [0.2, 0.25) is 5.02 Å². The third-order valence-corrected chi connectivity index (χ3v) is 6.50. The normalized spacial score (nSPS) is 17.6. The Balaban J connectivity index is 1.58. The van der Waals surface area contributed by atoms with E-state index >= 15 is 0 Å². The molecule has 170 valence electrons. The predicted molar refractivity (Wildman–Crippen MR) is 129 cm³/mol. The van der Waals surface area contributed by atoms with E-state index in [1.54, 1.807) is 24.3 Å². The molecule has 5 nitrogen and oxygen atoms in total. The van der Waals surface area contributed by atoms with E-state index in [-0.39, 0.29) is 23.4 Å². The minimum absolute atomic E-state index is 0.0661. The average molecular weight is 475 g/mol. The Morgan fingerprint density at radius 3 is 2.47 bits per heavy atom. The molecular weight excluding hydrogens is 455 g/mol. The molecule has 1 atom stereocenters. The van der Waals surface area contributed by atoms with E-state index in [0.29, 0.717) is 17.0 Å². The highest BCUT2D eigenvalue weighted by molar-refractivity contribution is 6.47. The van der Waals surface area contributed by atoms with Crippen LogP contribution in [0.25, 0.3) is 16.7 Å². The Bertz CT molecular complexity index is 1440. The zero-order valence-corrected chi connectivity index (χ0v) is 18.7. The van der Waals surface area contributed by atoms with Crippen LogP contribution in [0.3, 0.4) is 0 Å². The number of benzene rings is 3. The highest BCUT2D eigenvalue weighted by Gasteiger charge is 2.46. The first-order valence-corrected chi connectivity index (χ1v) is 11.2. The number of nitrogens with zero attached hydrogens (tertiary/aromatic N) is 1.